The number of halogens is 3. The van der Waals surface area contributed by atoms with Crippen LogP contribution in [0.1, 0.15) is 36.6 Å². The number of benzene rings is 3. The van der Waals surface area contributed by atoms with Gasteiger partial charge in [0.15, 0.2) is 4.80 Å². The molecule has 0 unspecified atom stereocenters. The third-order valence-corrected chi connectivity index (χ3v) is 9.08. The van der Waals surface area contributed by atoms with Crippen molar-refractivity contribution < 1.29 is 14.3 Å². The molecule has 0 spiro atoms. The van der Waals surface area contributed by atoms with Crippen molar-refractivity contribution in [3.05, 3.63) is 127 Å². The van der Waals surface area contributed by atoms with E-state index in [-0.39, 0.29) is 12.2 Å². The fourth-order valence-electron chi connectivity index (χ4n) is 4.43. The number of fused-ring (bicyclic) bond motifs is 1. The SMILES string of the molecule is CCOC(=O)C1=C(C)N=c2s/c(=C\c3cc(I)c(OCc4ccccc4)c(I)c3)c(=O)n2[C@@H]1c1ccc(Cl)cc1. The van der Waals surface area contributed by atoms with Gasteiger partial charge in [0.25, 0.3) is 5.56 Å². The third-order valence-electron chi connectivity index (χ3n) is 6.25. The zero-order valence-electron chi connectivity index (χ0n) is 21.5. The molecule has 40 heavy (non-hydrogen) atoms. The molecule has 4 aromatic rings. The molecule has 1 aromatic heterocycles. The van der Waals surface area contributed by atoms with Crippen molar-refractivity contribution in [2.45, 2.75) is 26.5 Å². The van der Waals surface area contributed by atoms with Gasteiger partial charge < -0.3 is 9.47 Å². The topological polar surface area (TPSA) is 69.9 Å². The highest BCUT2D eigenvalue weighted by Gasteiger charge is 2.33. The third kappa shape index (κ3) is 6.07. The number of nitrogens with zero attached hydrogens (tertiary/aromatic N) is 2. The Morgan fingerprint density at radius 1 is 1.10 bits per heavy atom. The van der Waals surface area contributed by atoms with Gasteiger partial charge in [-0.2, -0.15) is 0 Å². The van der Waals surface area contributed by atoms with E-state index in [1.807, 2.05) is 60.7 Å². The number of carbonyl (C=O) groups excluding carboxylic acids is 1. The normalized spacial score (nSPS) is 15.0. The fourth-order valence-corrected chi connectivity index (χ4v) is 7.73. The van der Waals surface area contributed by atoms with Gasteiger partial charge in [-0.1, -0.05) is 65.4 Å². The van der Waals surface area contributed by atoms with E-state index in [1.54, 1.807) is 30.5 Å². The molecule has 5 rings (SSSR count). The number of esters is 1. The molecule has 6 nitrogen and oxygen atoms in total. The van der Waals surface area contributed by atoms with Crippen molar-refractivity contribution in [3.63, 3.8) is 0 Å². The summed E-state index contributed by atoms with van der Waals surface area (Å²) in [5.74, 6) is 0.314. The van der Waals surface area contributed by atoms with Gasteiger partial charge in [0.2, 0.25) is 0 Å². The van der Waals surface area contributed by atoms with Gasteiger partial charge in [0.05, 0.1) is 35.6 Å². The second kappa shape index (κ2) is 12.6. The van der Waals surface area contributed by atoms with E-state index >= 15 is 0 Å². The van der Waals surface area contributed by atoms with Crippen LogP contribution in [0.2, 0.25) is 5.02 Å². The molecule has 0 saturated heterocycles. The summed E-state index contributed by atoms with van der Waals surface area (Å²) in [4.78, 5) is 32.0. The molecule has 0 saturated carbocycles. The lowest BCUT2D eigenvalue weighted by molar-refractivity contribution is -0.139. The number of hydrogen-bond acceptors (Lipinski definition) is 6. The molecule has 1 aliphatic rings. The molecule has 1 aliphatic heterocycles. The Morgan fingerprint density at radius 2 is 1.77 bits per heavy atom. The molecule has 204 valence electrons. The zero-order chi connectivity index (χ0) is 28.4. The number of aromatic nitrogens is 1. The highest BCUT2D eigenvalue weighted by atomic mass is 127. The summed E-state index contributed by atoms with van der Waals surface area (Å²) in [5.41, 5.74) is 3.34. The van der Waals surface area contributed by atoms with E-state index < -0.39 is 12.0 Å². The van der Waals surface area contributed by atoms with Crippen molar-refractivity contribution in [2.75, 3.05) is 6.61 Å². The molecule has 0 fully saturated rings. The predicted octanol–water partition coefficient (Wildman–Crippen LogP) is 6.24. The zero-order valence-corrected chi connectivity index (χ0v) is 27.4. The van der Waals surface area contributed by atoms with Crippen LogP contribution in [-0.4, -0.2) is 17.1 Å². The van der Waals surface area contributed by atoms with E-state index in [9.17, 15) is 9.59 Å². The first-order chi connectivity index (χ1) is 19.3. The summed E-state index contributed by atoms with van der Waals surface area (Å²) in [6.45, 7) is 4.21. The number of carbonyl (C=O) groups is 1. The Hall–Kier alpha value is -2.48. The molecule has 0 N–H and O–H groups in total. The molecule has 0 aliphatic carbocycles. The van der Waals surface area contributed by atoms with Gasteiger partial charge in [-0.15, -0.1) is 0 Å². The van der Waals surface area contributed by atoms with Gasteiger partial charge >= 0.3 is 5.97 Å². The first kappa shape index (κ1) is 29.0. The minimum atomic E-state index is -0.677. The molecule has 0 amide bonds. The van der Waals surface area contributed by atoms with Crippen LogP contribution in [0.5, 0.6) is 5.75 Å². The van der Waals surface area contributed by atoms with Crippen LogP contribution >= 0.6 is 68.1 Å². The summed E-state index contributed by atoms with van der Waals surface area (Å²) in [7, 11) is 0. The quantitative estimate of drug-likeness (QED) is 0.164. The average molecular weight is 797 g/mol. The first-order valence-corrected chi connectivity index (χ1v) is 15.7. The van der Waals surface area contributed by atoms with E-state index in [1.165, 1.54) is 11.3 Å². The maximum absolute atomic E-state index is 13.9. The summed E-state index contributed by atoms with van der Waals surface area (Å²) in [6, 6.07) is 20.5. The largest absolute Gasteiger partial charge is 0.487 e. The summed E-state index contributed by atoms with van der Waals surface area (Å²) in [5, 5.41) is 0.565. The van der Waals surface area contributed by atoms with Crippen LogP contribution in [0, 0.1) is 7.14 Å². The van der Waals surface area contributed by atoms with Gasteiger partial charge in [-0.25, -0.2) is 9.79 Å². The fraction of sp³-hybridized carbons (Fsp3) is 0.167. The Balaban J connectivity index is 1.56. The van der Waals surface area contributed by atoms with Crippen LogP contribution in [-0.2, 0) is 16.1 Å². The maximum Gasteiger partial charge on any atom is 0.338 e. The monoisotopic (exact) mass is 796 g/mol. The van der Waals surface area contributed by atoms with Gasteiger partial charge in [-0.05, 0) is 106 Å². The van der Waals surface area contributed by atoms with Gasteiger partial charge in [0, 0.05) is 5.02 Å². The smallest absolute Gasteiger partial charge is 0.338 e. The van der Waals surface area contributed by atoms with E-state index in [0.29, 0.717) is 32.2 Å². The summed E-state index contributed by atoms with van der Waals surface area (Å²) in [6.07, 6.45) is 1.86. The molecule has 0 bridgehead atoms. The number of allylic oxidation sites excluding steroid dienone is 1. The standard InChI is InChI=1S/C30H23ClI2N2O4S/c1-3-38-29(37)25-17(2)34-30-35(26(25)20-9-11-21(31)12-10-20)28(36)24(40-30)15-19-13-22(32)27(23(33)14-19)39-16-18-7-5-4-6-8-18/h4-15,26H,3,16H2,1-2H3/b24-15-/t26-/m1/s1. The van der Waals surface area contributed by atoms with Crippen LogP contribution in [0.25, 0.3) is 6.08 Å². The van der Waals surface area contributed by atoms with Crippen LogP contribution in [0.15, 0.2) is 87.8 Å². The van der Waals surface area contributed by atoms with Crippen LogP contribution in [0.4, 0.5) is 0 Å². The second-order valence-electron chi connectivity index (χ2n) is 8.94. The number of thiazole rings is 1. The maximum atomic E-state index is 13.9. The lowest BCUT2D eigenvalue weighted by atomic mass is 9.96. The number of ether oxygens (including phenoxy) is 2. The van der Waals surface area contributed by atoms with Crippen LogP contribution < -0.4 is 19.6 Å². The molecule has 2 heterocycles. The predicted molar refractivity (Wildman–Crippen MR) is 175 cm³/mol. The molecular formula is C30H23ClI2N2O4S. The average Bonchev–Trinajstić information content (AvgIpc) is 3.22. The summed E-state index contributed by atoms with van der Waals surface area (Å²) >= 11 is 11.9. The van der Waals surface area contributed by atoms with Crippen molar-refractivity contribution in [2.24, 2.45) is 4.99 Å². The lowest BCUT2D eigenvalue weighted by Gasteiger charge is -2.24. The lowest BCUT2D eigenvalue weighted by Crippen LogP contribution is -2.39. The van der Waals surface area contributed by atoms with Gasteiger partial charge in [-0.3, -0.25) is 9.36 Å². The Bertz CT molecular complexity index is 1780. The minimum Gasteiger partial charge on any atom is -0.487 e. The molecule has 10 heteroatoms. The molecule has 3 aromatic carbocycles. The Labute approximate surface area is 267 Å². The number of rotatable bonds is 7. The number of hydrogen-bond donors (Lipinski definition) is 0. The molecule has 1 atom stereocenters. The van der Waals surface area contributed by atoms with Crippen LogP contribution in [0.3, 0.4) is 0 Å². The van der Waals surface area contributed by atoms with Gasteiger partial charge in [0.1, 0.15) is 12.4 Å². The van der Waals surface area contributed by atoms with E-state index in [4.69, 9.17) is 21.1 Å². The second-order valence-corrected chi connectivity index (χ2v) is 12.7. The van der Waals surface area contributed by atoms with Crippen molar-refractivity contribution >= 4 is 80.2 Å². The van der Waals surface area contributed by atoms with Crippen molar-refractivity contribution in [3.8, 4) is 5.75 Å². The first-order valence-electron chi connectivity index (χ1n) is 12.4. The highest BCUT2D eigenvalue weighted by molar-refractivity contribution is 14.1. The Morgan fingerprint density at radius 3 is 2.42 bits per heavy atom. The van der Waals surface area contributed by atoms with Crippen molar-refractivity contribution in [1.29, 1.82) is 0 Å². The highest BCUT2D eigenvalue weighted by Crippen LogP contribution is 2.32. The summed E-state index contributed by atoms with van der Waals surface area (Å²) < 4.78 is 15.5. The van der Waals surface area contributed by atoms with E-state index in [0.717, 1.165) is 29.6 Å². The molecular weight excluding hydrogens is 774 g/mol. The minimum absolute atomic E-state index is 0.218. The van der Waals surface area contributed by atoms with Crippen molar-refractivity contribution in [1.82, 2.24) is 4.57 Å². The Kier molecular flexibility index (Phi) is 9.13. The van der Waals surface area contributed by atoms with E-state index in [2.05, 4.69) is 50.2 Å². The molecule has 0 radical (unpaired) electrons.